The van der Waals surface area contributed by atoms with Gasteiger partial charge in [0, 0.05) is 11.6 Å². The molecule has 0 amide bonds. The van der Waals surface area contributed by atoms with E-state index >= 15 is 0 Å². The van der Waals surface area contributed by atoms with Crippen molar-refractivity contribution in [2.24, 2.45) is 0 Å². The van der Waals surface area contributed by atoms with Crippen molar-refractivity contribution in [2.75, 3.05) is 0 Å². The number of halogens is 1. The van der Waals surface area contributed by atoms with Crippen LogP contribution in [-0.2, 0) is 0 Å². The van der Waals surface area contributed by atoms with Crippen molar-refractivity contribution in [3.05, 3.63) is 36.5 Å². The lowest BCUT2D eigenvalue weighted by molar-refractivity contribution is 0.480. The first-order chi connectivity index (χ1) is 5.38. The van der Waals surface area contributed by atoms with Crippen molar-refractivity contribution >= 4 is 33.2 Å². The molecule has 1 atom stereocenters. The van der Waals surface area contributed by atoms with E-state index in [1.165, 1.54) is 0 Å². The van der Waals surface area contributed by atoms with Crippen molar-refractivity contribution in [1.29, 1.82) is 0 Å². The summed E-state index contributed by atoms with van der Waals surface area (Å²) in [5, 5.41) is 10.3. The maximum absolute atomic E-state index is 9.31. The van der Waals surface area contributed by atoms with Gasteiger partial charge in [0.15, 0.2) is 0 Å². The second-order valence-corrected chi connectivity index (χ2v) is 2.35. The van der Waals surface area contributed by atoms with Crippen molar-refractivity contribution in [3.8, 4) is 5.75 Å². The molecule has 0 aliphatic rings. The Morgan fingerprint density at radius 2 is 1.77 bits per heavy atom. The summed E-state index contributed by atoms with van der Waals surface area (Å²) in [6, 6.07) is 9.13. The van der Waals surface area contributed by atoms with Crippen LogP contribution in [0.25, 0.3) is 10.9 Å². The van der Waals surface area contributed by atoms with Gasteiger partial charge in [-0.25, -0.2) is 0 Å². The number of fused-ring (bicyclic) bond motifs is 1. The molecule has 1 unspecified atom stereocenters. The summed E-state index contributed by atoms with van der Waals surface area (Å²) in [5.74, 6) is 0.239. The molecule has 4 heteroatoms. The van der Waals surface area contributed by atoms with Crippen LogP contribution in [0.5, 0.6) is 5.75 Å². The third-order valence-corrected chi connectivity index (χ3v) is 1.61. The highest BCUT2D eigenvalue weighted by molar-refractivity contribution is 6.92. The Labute approximate surface area is 86.0 Å². The zero-order valence-electron chi connectivity index (χ0n) is 6.97. The minimum absolute atomic E-state index is 0. The normalized spacial score (nSPS) is 8.62. The Balaban J connectivity index is 0.000000720. The molecule has 70 valence electrons. The average molecular weight is 216 g/mol. The molecule has 13 heavy (non-hydrogen) atoms. The Morgan fingerprint density at radius 3 is 2.46 bits per heavy atom. The van der Waals surface area contributed by atoms with Crippen molar-refractivity contribution < 1.29 is 5.11 Å². The van der Waals surface area contributed by atoms with Gasteiger partial charge >= 0.3 is 0 Å². The fraction of sp³-hybridized carbons (Fsp3) is 0. The number of rotatable bonds is 0. The van der Waals surface area contributed by atoms with Crippen LogP contribution in [0.4, 0.5) is 0 Å². The summed E-state index contributed by atoms with van der Waals surface area (Å²) in [4.78, 5) is 4.03. The first kappa shape index (κ1) is 12.2. The molecule has 1 heterocycles. The van der Waals surface area contributed by atoms with Crippen LogP contribution >= 0.6 is 22.3 Å². The highest BCUT2D eigenvalue weighted by Crippen LogP contribution is 2.20. The number of aromatic hydroxyl groups is 1. The average Bonchev–Trinajstić information content (AvgIpc) is 2.06. The van der Waals surface area contributed by atoms with Gasteiger partial charge in [-0.2, -0.15) is 9.90 Å². The number of benzene rings is 1. The molecule has 2 aromatic rings. The van der Waals surface area contributed by atoms with Crippen LogP contribution in [0.1, 0.15) is 0 Å². The van der Waals surface area contributed by atoms with Gasteiger partial charge in [0.05, 0.1) is 0 Å². The second-order valence-electron chi connectivity index (χ2n) is 2.35. The molecule has 0 aliphatic heterocycles. The lowest BCUT2D eigenvalue weighted by atomic mass is 10.2. The topological polar surface area (TPSA) is 33.1 Å². The third-order valence-electron chi connectivity index (χ3n) is 1.61. The summed E-state index contributed by atoms with van der Waals surface area (Å²) in [5.41, 5.74) is 0.662. The Hall–Kier alpha value is -0.850. The maximum atomic E-state index is 9.31. The molecule has 0 spiro atoms. The van der Waals surface area contributed by atoms with Crippen molar-refractivity contribution in [1.82, 2.24) is 4.98 Å². The van der Waals surface area contributed by atoms with Gasteiger partial charge in [-0.3, -0.25) is 4.98 Å². The Morgan fingerprint density at radius 1 is 1.08 bits per heavy atom. The van der Waals surface area contributed by atoms with Gasteiger partial charge in [-0.1, -0.05) is 18.2 Å². The minimum Gasteiger partial charge on any atom is -0.506 e. The Bertz CT molecular complexity index is 389. The predicted molar refractivity (Wildman–Crippen MR) is 61.8 cm³/mol. The van der Waals surface area contributed by atoms with E-state index in [2.05, 4.69) is 4.98 Å². The van der Waals surface area contributed by atoms with E-state index in [9.17, 15) is 5.11 Å². The SMILES string of the molecule is Cl.Oc1cccc2cccnc12.P. The number of phenolic OH excluding ortho intramolecular Hbond substituents is 1. The molecule has 2 rings (SSSR count). The van der Waals surface area contributed by atoms with Crippen LogP contribution in [0.2, 0.25) is 0 Å². The predicted octanol–water partition coefficient (Wildman–Crippen LogP) is 2.42. The van der Waals surface area contributed by atoms with Gasteiger partial charge in [0.2, 0.25) is 0 Å². The first-order valence-electron chi connectivity index (χ1n) is 3.40. The summed E-state index contributed by atoms with van der Waals surface area (Å²) < 4.78 is 0. The summed E-state index contributed by atoms with van der Waals surface area (Å²) in [6.45, 7) is 0. The van der Waals surface area contributed by atoms with E-state index < -0.39 is 0 Å². The van der Waals surface area contributed by atoms with Crippen LogP contribution in [-0.4, -0.2) is 10.1 Å². The number of hydrogen-bond acceptors (Lipinski definition) is 2. The van der Waals surface area contributed by atoms with E-state index in [1.807, 2.05) is 18.2 Å². The van der Waals surface area contributed by atoms with E-state index in [1.54, 1.807) is 18.3 Å². The van der Waals surface area contributed by atoms with Crippen molar-refractivity contribution in [2.45, 2.75) is 0 Å². The molecule has 0 fully saturated rings. The van der Waals surface area contributed by atoms with Gasteiger partial charge in [-0.05, 0) is 12.1 Å². The lowest BCUT2D eigenvalue weighted by Crippen LogP contribution is -1.76. The zero-order valence-corrected chi connectivity index (χ0v) is 9.20. The monoisotopic (exact) mass is 215 g/mol. The molecule has 1 aromatic carbocycles. The number of pyridine rings is 1. The molecule has 0 bridgehead atoms. The summed E-state index contributed by atoms with van der Waals surface area (Å²) in [7, 11) is 0. The van der Waals surface area contributed by atoms with E-state index in [0.29, 0.717) is 5.52 Å². The highest BCUT2D eigenvalue weighted by atomic mass is 35.5. The fourth-order valence-electron chi connectivity index (χ4n) is 1.09. The molecular weight excluding hydrogens is 205 g/mol. The molecule has 2 nitrogen and oxygen atoms in total. The third kappa shape index (κ3) is 2.30. The van der Waals surface area contributed by atoms with E-state index in [0.717, 1.165) is 5.39 Å². The summed E-state index contributed by atoms with van der Waals surface area (Å²) >= 11 is 0. The largest absolute Gasteiger partial charge is 0.506 e. The van der Waals surface area contributed by atoms with Crippen LogP contribution in [0.15, 0.2) is 36.5 Å². The molecule has 1 aromatic heterocycles. The van der Waals surface area contributed by atoms with Crippen LogP contribution in [0.3, 0.4) is 0 Å². The smallest absolute Gasteiger partial charge is 0.141 e. The molecule has 0 saturated carbocycles. The first-order valence-corrected chi connectivity index (χ1v) is 3.40. The van der Waals surface area contributed by atoms with E-state index in [4.69, 9.17) is 0 Å². The molecule has 0 aliphatic carbocycles. The summed E-state index contributed by atoms with van der Waals surface area (Å²) in [6.07, 6.45) is 1.67. The molecule has 0 radical (unpaired) electrons. The number of para-hydroxylation sites is 1. The fourth-order valence-corrected chi connectivity index (χ4v) is 1.09. The van der Waals surface area contributed by atoms with E-state index in [-0.39, 0.29) is 28.1 Å². The highest BCUT2D eigenvalue weighted by Gasteiger charge is 1.96. The van der Waals surface area contributed by atoms with Gasteiger partial charge in [0.1, 0.15) is 11.3 Å². The molecule has 1 N–H and O–H groups in total. The maximum Gasteiger partial charge on any atom is 0.141 e. The van der Waals surface area contributed by atoms with Gasteiger partial charge in [0.25, 0.3) is 0 Å². The Kier molecular flexibility index (Phi) is 4.68. The number of phenols is 1. The molecular formula is C9H11ClNOP. The van der Waals surface area contributed by atoms with Gasteiger partial charge < -0.3 is 5.11 Å². The standard InChI is InChI=1S/C9H7NO.ClH.H3P/c11-8-5-1-3-7-4-2-6-10-9(7)8;;/h1-6,11H;1H;1H3. The zero-order chi connectivity index (χ0) is 7.68. The van der Waals surface area contributed by atoms with Crippen LogP contribution < -0.4 is 0 Å². The lowest BCUT2D eigenvalue weighted by Gasteiger charge is -1.96. The second kappa shape index (κ2) is 5.00. The quantitative estimate of drug-likeness (QED) is 0.685. The van der Waals surface area contributed by atoms with Crippen molar-refractivity contribution in [3.63, 3.8) is 0 Å². The minimum atomic E-state index is 0. The van der Waals surface area contributed by atoms with Crippen LogP contribution in [0, 0.1) is 0 Å². The number of nitrogens with zero attached hydrogens (tertiary/aromatic N) is 1. The molecule has 0 saturated heterocycles. The van der Waals surface area contributed by atoms with Gasteiger partial charge in [-0.15, -0.1) is 12.4 Å². The number of hydrogen-bond donors (Lipinski definition) is 1. The number of aromatic nitrogens is 1.